The van der Waals surface area contributed by atoms with Crippen LogP contribution in [0.2, 0.25) is 5.28 Å². The van der Waals surface area contributed by atoms with Crippen molar-refractivity contribution >= 4 is 17.4 Å². The number of hydrogen-bond acceptors (Lipinski definition) is 3. The van der Waals surface area contributed by atoms with Crippen LogP contribution >= 0.6 is 11.6 Å². The van der Waals surface area contributed by atoms with E-state index in [0.29, 0.717) is 0 Å². The van der Waals surface area contributed by atoms with Crippen molar-refractivity contribution in [1.29, 1.82) is 0 Å². The summed E-state index contributed by atoms with van der Waals surface area (Å²) in [6.07, 6.45) is -4.56. The molecule has 1 unspecified atom stereocenters. The summed E-state index contributed by atoms with van der Waals surface area (Å²) in [5.74, 6) is 0.0358. The smallest absolute Gasteiger partial charge is 0.363 e. The Morgan fingerprint density at radius 3 is 2.40 bits per heavy atom. The quantitative estimate of drug-likeness (QED) is 0.858. The van der Waals surface area contributed by atoms with Crippen LogP contribution in [0.3, 0.4) is 0 Å². The summed E-state index contributed by atoms with van der Waals surface area (Å²) in [6, 6.07) is 9.92. The molecular weight excluding hydrogens is 291 g/mol. The summed E-state index contributed by atoms with van der Waals surface area (Å²) < 4.78 is 37.9. The predicted molar refractivity (Wildman–Crippen MR) is 70.5 cm³/mol. The van der Waals surface area contributed by atoms with Crippen LogP contribution in [-0.2, 0) is 6.18 Å². The van der Waals surface area contributed by atoms with E-state index in [1.807, 2.05) is 37.3 Å². The van der Waals surface area contributed by atoms with E-state index in [1.165, 1.54) is 0 Å². The molecule has 0 fully saturated rings. The van der Waals surface area contributed by atoms with Gasteiger partial charge in [-0.3, -0.25) is 0 Å². The van der Waals surface area contributed by atoms with E-state index < -0.39 is 17.2 Å². The second-order valence-corrected chi connectivity index (χ2v) is 4.52. The first-order valence-corrected chi connectivity index (χ1v) is 6.17. The third-order valence-corrected chi connectivity index (χ3v) is 2.82. The average Bonchev–Trinajstić information content (AvgIpc) is 2.38. The van der Waals surface area contributed by atoms with Gasteiger partial charge in [-0.2, -0.15) is 13.2 Å². The fraction of sp³-hybridized carbons (Fsp3) is 0.231. The monoisotopic (exact) mass is 301 g/mol. The first-order chi connectivity index (χ1) is 9.36. The zero-order chi connectivity index (χ0) is 14.8. The molecular formula is C13H11ClF3N3. The lowest BCUT2D eigenvalue weighted by molar-refractivity contribution is -0.141. The number of nitrogens with zero attached hydrogens (tertiary/aromatic N) is 2. The molecule has 0 saturated heterocycles. The highest BCUT2D eigenvalue weighted by Gasteiger charge is 2.33. The molecule has 0 aliphatic rings. The predicted octanol–water partition coefficient (Wildman–Crippen LogP) is 4.32. The minimum atomic E-state index is -4.56. The Balaban J connectivity index is 2.24. The summed E-state index contributed by atoms with van der Waals surface area (Å²) in [5.41, 5.74) is -0.143. The zero-order valence-electron chi connectivity index (χ0n) is 10.4. The third-order valence-electron chi connectivity index (χ3n) is 2.65. The number of halogens is 4. The van der Waals surface area contributed by atoms with Crippen molar-refractivity contribution in [1.82, 2.24) is 9.97 Å². The van der Waals surface area contributed by atoms with Crippen LogP contribution in [0, 0.1) is 0 Å². The number of hydrogen-bond donors (Lipinski definition) is 1. The van der Waals surface area contributed by atoms with Crippen molar-refractivity contribution in [3.8, 4) is 0 Å². The van der Waals surface area contributed by atoms with Gasteiger partial charge in [0, 0.05) is 12.1 Å². The number of benzene rings is 1. The van der Waals surface area contributed by atoms with Crippen LogP contribution in [0.5, 0.6) is 0 Å². The molecule has 2 aromatic rings. The van der Waals surface area contributed by atoms with Crippen molar-refractivity contribution in [2.75, 3.05) is 5.32 Å². The highest BCUT2D eigenvalue weighted by Crippen LogP contribution is 2.30. The Bertz CT molecular complexity index is 587. The molecule has 3 nitrogen and oxygen atoms in total. The summed E-state index contributed by atoms with van der Waals surface area (Å²) >= 11 is 5.52. The molecule has 106 valence electrons. The molecule has 1 aromatic carbocycles. The minimum absolute atomic E-state index is 0.0358. The Hall–Kier alpha value is -1.82. The van der Waals surface area contributed by atoms with E-state index in [9.17, 15) is 13.2 Å². The maximum Gasteiger partial charge on any atom is 0.433 e. The molecule has 0 aliphatic carbocycles. The van der Waals surface area contributed by atoms with Crippen LogP contribution in [-0.4, -0.2) is 9.97 Å². The van der Waals surface area contributed by atoms with E-state index in [1.54, 1.807) is 0 Å². The van der Waals surface area contributed by atoms with Crippen molar-refractivity contribution < 1.29 is 13.2 Å². The number of alkyl halides is 3. The number of anilines is 1. The van der Waals surface area contributed by atoms with Crippen LogP contribution in [0.4, 0.5) is 19.0 Å². The first kappa shape index (κ1) is 14.6. The molecule has 1 heterocycles. The summed E-state index contributed by atoms with van der Waals surface area (Å²) in [6.45, 7) is 1.82. The lowest BCUT2D eigenvalue weighted by Crippen LogP contribution is -2.13. The second kappa shape index (κ2) is 5.66. The maximum atomic E-state index is 12.6. The molecule has 7 heteroatoms. The molecule has 1 aromatic heterocycles. The molecule has 20 heavy (non-hydrogen) atoms. The van der Waals surface area contributed by atoms with E-state index >= 15 is 0 Å². The molecule has 0 saturated carbocycles. The Morgan fingerprint density at radius 2 is 1.80 bits per heavy atom. The van der Waals surface area contributed by atoms with Crippen molar-refractivity contribution in [2.24, 2.45) is 0 Å². The van der Waals surface area contributed by atoms with E-state index in [-0.39, 0.29) is 11.9 Å². The van der Waals surface area contributed by atoms with Crippen LogP contribution in [0.1, 0.15) is 24.2 Å². The van der Waals surface area contributed by atoms with E-state index in [0.717, 1.165) is 11.6 Å². The third kappa shape index (κ3) is 3.60. The molecule has 0 bridgehead atoms. The summed E-state index contributed by atoms with van der Waals surface area (Å²) in [7, 11) is 0. The molecule has 1 N–H and O–H groups in total. The normalized spacial score (nSPS) is 13.1. The first-order valence-electron chi connectivity index (χ1n) is 5.79. The molecule has 0 radical (unpaired) electrons. The molecule has 0 aliphatic heterocycles. The average molecular weight is 302 g/mol. The SMILES string of the molecule is CC(Nc1cc(C(F)(F)F)nc(Cl)n1)c1ccccc1. The molecule has 0 spiro atoms. The standard InChI is InChI=1S/C13H11ClF3N3/c1-8(9-5-3-2-4-6-9)18-11-7-10(13(15,16)17)19-12(14)20-11/h2-8H,1H3,(H,18,19,20). The Kier molecular flexibility index (Phi) is 4.13. The van der Waals surface area contributed by atoms with Gasteiger partial charge < -0.3 is 5.32 Å². The largest absolute Gasteiger partial charge is 0.433 e. The lowest BCUT2D eigenvalue weighted by Gasteiger charge is -2.16. The highest BCUT2D eigenvalue weighted by molar-refractivity contribution is 6.28. The molecule has 2 rings (SSSR count). The topological polar surface area (TPSA) is 37.8 Å². The number of rotatable bonds is 3. The van der Waals surface area contributed by atoms with Gasteiger partial charge in [0.15, 0.2) is 5.69 Å². The van der Waals surface area contributed by atoms with Gasteiger partial charge in [-0.05, 0) is 24.1 Å². The van der Waals surface area contributed by atoms with Crippen LogP contribution in [0.25, 0.3) is 0 Å². The van der Waals surface area contributed by atoms with Crippen LogP contribution < -0.4 is 5.32 Å². The van der Waals surface area contributed by atoms with Gasteiger partial charge in [0.2, 0.25) is 5.28 Å². The van der Waals surface area contributed by atoms with E-state index in [2.05, 4.69) is 15.3 Å². The second-order valence-electron chi connectivity index (χ2n) is 4.18. The van der Waals surface area contributed by atoms with Gasteiger partial charge in [0.05, 0.1) is 0 Å². The van der Waals surface area contributed by atoms with Gasteiger partial charge in [-0.25, -0.2) is 9.97 Å². The maximum absolute atomic E-state index is 12.6. The number of aromatic nitrogens is 2. The molecule has 1 atom stereocenters. The summed E-state index contributed by atoms with van der Waals surface area (Å²) in [4.78, 5) is 6.93. The van der Waals surface area contributed by atoms with Crippen molar-refractivity contribution in [3.63, 3.8) is 0 Å². The lowest BCUT2D eigenvalue weighted by atomic mass is 10.1. The van der Waals surface area contributed by atoms with Gasteiger partial charge in [0.25, 0.3) is 0 Å². The van der Waals surface area contributed by atoms with Crippen LogP contribution in [0.15, 0.2) is 36.4 Å². The summed E-state index contributed by atoms with van der Waals surface area (Å²) in [5, 5.41) is 2.43. The zero-order valence-corrected chi connectivity index (χ0v) is 11.2. The van der Waals surface area contributed by atoms with Crippen molar-refractivity contribution in [2.45, 2.75) is 19.1 Å². The number of nitrogens with one attached hydrogen (secondary N) is 1. The van der Waals surface area contributed by atoms with Gasteiger partial charge in [-0.1, -0.05) is 30.3 Å². The fourth-order valence-electron chi connectivity index (χ4n) is 1.68. The van der Waals surface area contributed by atoms with E-state index in [4.69, 9.17) is 11.6 Å². The highest BCUT2D eigenvalue weighted by atomic mass is 35.5. The fourth-order valence-corrected chi connectivity index (χ4v) is 1.87. The Morgan fingerprint density at radius 1 is 1.15 bits per heavy atom. The van der Waals surface area contributed by atoms with Gasteiger partial charge in [0.1, 0.15) is 5.82 Å². The van der Waals surface area contributed by atoms with Gasteiger partial charge in [-0.15, -0.1) is 0 Å². The minimum Gasteiger partial charge on any atom is -0.363 e. The Labute approximate surface area is 118 Å². The van der Waals surface area contributed by atoms with Gasteiger partial charge >= 0.3 is 6.18 Å². The molecule has 0 amide bonds. The van der Waals surface area contributed by atoms with Crippen molar-refractivity contribution in [3.05, 3.63) is 52.9 Å².